The van der Waals surface area contributed by atoms with Crippen molar-refractivity contribution in [2.24, 2.45) is 0 Å². The van der Waals surface area contributed by atoms with E-state index in [0.717, 1.165) is 74.5 Å². The molecule has 1 aromatic heterocycles. The standard InChI is InChI=1S/C26H24O3.C20H23NO2.C15H13NO2.C12H12O2/c1-25(2,3)18-9-11-21-16(14-18)13-17-15-19(28-4)10-12-22(17)26(21)23-8-6-5-7-20(23)24(27)29-26;1-5-6-12-21-18(22)14-9-7-8-13-16(20(2,3)4)11-10-15(17(13)14)19(21)23;1-9(2)10-3-5-12-14(7-10)18-15-8-11(17)4-6-13(15)16-12;1-8(2)10-4-3-9-5-6-12(13)14-11(9)7-10/h5-12,14-15H,13H2,1-4H3;7-11H,5-6,12H2,1-4H3;3-9H,1-2H3;3-8H,1-2H3. The van der Waals surface area contributed by atoms with Crippen molar-refractivity contribution in [3.8, 4) is 17.2 Å². The van der Waals surface area contributed by atoms with E-state index in [9.17, 15) is 24.0 Å². The highest BCUT2D eigenvalue weighted by molar-refractivity contribution is 6.25. The van der Waals surface area contributed by atoms with E-state index >= 15 is 0 Å². The van der Waals surface area contributed by atoms with Gasteiger partial charge in [0.1, 0.15) is 22.5 Å². The summed E-state index contributed by atoms with van der Waals surface area (Å²) >= 11 is 0. The molecule has 3 aliphatic heterocycles. The van der Waals surface area contributed by atoms with Crippen LogP contribution in [0, 0.1) is 0 Å². The highest BCUT2D eigenvalue weighted by Gasteiger charge is 2.52. The number of esters is 1. The molecule has 428 valence electrons. The molecule has 7 aromatic carbocycles. The average molecular weight is 1120 g/mol. The van der Waals surface area contributed by atoms with Gasteiger partial charge >= 0.3 is 11.6 Å². The minimum Gasteiger partial charge on any atom is -0.497 e. The van der Waals surface area contributed by atoms with Crippen molar-refractivity contribution in [3.05, 3.63) is 245 Å². The topological polar surface area (TPSA) is 146 Å². The van der Waals surface area contributed by atoms with Crippen molar-refractivity contribution < 1.29 is 32.7 Å². The van der Waals surface area contributed by atoms with Crippen LogP contribution in [0.5, 0.6) is 5.75 Å². The number of carbonyl (C=O) groups excluding carboxylic acids is 3. The molecule has 2 aliphatic carbocycles. The number of unbranched alkanes of at least 4 members (excludes halogenated alkanes) is 1. The number of imide groups is 1. The van der Waals surface area contributed by atoms with Crippen LogP contribution in [0.25, 0.3) is 44.3 Å². The van der Waals surface area contributed by atoms with Crippen LogP contribution in [-0.4, -0.2) is 41.3 Å². The Bertz CT molecular complexity index is 4260. The summed E-state index contributed by atoms with van der Waals surface area (Å²) in [4.78, 5) is 66.6. The Morgan fingerprint density at radius 2 is 1.26 bits per heavy atom. The van der Waals surface area contributed by atoms with Crippen molar-refractivity contribution >= 4 is 50.6 Å². The van der Waals surface area contributed by atoms with Crippen LogP contribution in [-0.2, 0) is 27.6 Å². The molecule has 0 bridgehead atoms. The minimum absolute atomic E-state index is 0.0391. The third-order valence-corrected chi connectivity index (χ3v) is 16.1. The summed E-state index contributed by atoms with van der Waals surface area (Å²) in [6, 6.07) is 50.0. The molecule has 13 rings (SSSR count). The number of rotatable bonds is 6. The second kappa shape index (κ2) is 23.0. The second-order valence-corrected chi connectivity index (χ2v) is 24.6. The zero-order valence-corrected chi connectivity index (χ0v) is 50.1. The van der Waals surface area contributed by atoms with Gasteiger partial charge in [-0.2, -0.15) is 0 Å². The quantitative estimate of drug-likeness (QED) is 0.0682. The zero-order chi connectivity index (χ0) is 60.0. The van der Waals surface area contributed by atoms with Gasteiger partial charge in [-0.05, 0) is 141 Å². The van der Waals surface area contributed by atoms with Gasteiger partial charge in [-0.25, -0.2) is 14.6 Å². The van der Waals surface area contributed by atoms with Crippen molar-refractivity contribution in [1.29, 1.82) is 0 Å². The Balaban J connectivity index is 0.000000129. The van der Waals surface area contributed by atoms with Crippen LogP contribution in [0.15, 0.2) is 176 Å². The number of carbonyl (C=O) groups is 3. The first kappa shape index (κ1) is 58.2. The van der Waals surface area contributed by atoms with Gasteiger partial charge in [0.2, 0.25) is 0 Å². The molecule has 1 atom stereocenters. The first-order valence-electron chi connectivity index (χ1n) is 29.0. The molecule has 84 heavy (non-hydrogen) atoms. The molecule has 4 heterocycles. The van der Waals surface area contributed by atoms with E-state index in [4.69, 9.17) is 18.3 Å². The smallest absolute Gasteiger partial charge is 0.340 e. The summed E-state index contributed by atoms with van der Waals surface area (Å²) in [7, 11) is 1.68. The van der Waals surface area contributed by atoms with Crippen LogP contribution in [0.1, 0.15) is 182 Å². The van der Waals surface area contributed by atoms with Gasteiger partial charge in [0, 0.05) is 57.3 Å². The number of hydrogen-bond acceptors (Lipinski definition) is 10. The highest BCUT2D eigenvalue weighted by Crippen LogP contribution is 2.53. The van der Waals surface area contributed by atoms with E-state index in [0.29, 0.717) is 52.1 Å². The predicted octanol–water partition coefficient (Wildman–Crippen LogP) is 16.2. The molecule has 0 radical (unpaired) electrons. The number of aromatic nitrogens is 1. The Kier molecular flexibility index (Phi) is 15.9. The molecule has 0 saturated heterocycles. The first-order chi connectivity index (χ1) is 40.0. The van der Waals surface area contributed by atoms with E-state index in [-0.39, 0.29) is 39.7 Å². The maximum Gasteiger partial charge on any atom is 0.340 e. The number of nitrogens with zero attached hydrogens (tertiary/aromatic N) is 2. The molecular weight excluding hydrogens is 1050 g/mol. The van der Waals surface area contributed by atoms with E-state index in [1.807, 2.05) is 91.0 Å². The minimum atomic E-state index is -0.903. The van der Waals surface area contributed by atoms with Gasteiger partial charge in [-0.15, -0.1) is 0 Å². The van der Waals surface area contributed by atoms with E-state index in [1.54, 1.807) is 19.2 Å². The predicted molar refractivity (Wildman–Crippen MR) is 333 cm³/mol. The van der Waals surface area contributed by atoms with Gasteiger partial charge in [-0.1, -0.05) is 161 Å². The summed E-state index contributed by atoms with van der Waals surface area (Å²) in [5.41, 5.74) is 13.8. The van der Waals surface area contributed by atoms with Gasteiger partial charge in [0.05, 0.1) is 12.7 Å². The molecule has 11 nitrogen and oxygen atoms in total. The first-order valence-corrected chi connectivity index (χ1v) is 29.0. The number of benzene rings is 8. The Morgan fingerprint density at radius 1 is 0.607 bits per heavy atom. The fourth-order valence-electron chi connectivity index (χ4n) is 11.4. The van der Waals surface area contributed by atoms with Gasteiger partial charge in [0.25, 0.3) is 11.8 Å². The van der Waals surface area contributed by atoms with Gasteiger partial charge in [-0.3, -0.25) is 19.3 Å². The molecule has 11 heteroatoms. The summed E-state index contributed by atoms with van der Waals surface area (Å²) in [6.45, 7) is 24.1. The van der Waals surface area contributed by atoms with Crippen LogP contribution in [0.2, 0.25) is 0 Å². The third-order valence-electron chi connectivity index (χ3n) is 16.1. The normalized spacial score (nSPS) is 15.0. The monoisotopic (exact) mass is 1120 g/mol. The summed E-state index contributed by atoms with van der Waals surface area (Å²) < 4.78 is 22.6. The van der Waals surface area contributed by atoms with Crippen molar-refractivity contribution in [2.75, 3.05) is 13.7 Å². The number of ether oxygens (including phenoxy) is 2. The number of hydrogen-bond donors (Lipinski definition) is 0. The summed E-state index contributed by atoms with van der Waals surface area (Å²) in [5, 5.41) is 2.81. The summed E-state index contributed by atoms with van der Waals surface area (Å²) in [5.74, 6) is 1.65. The molecule has 1 unspecified atom stereocenters. The maximum absolute atomic E-state index is 12.9. The summed E-state index contributed by atoms with van der Waals surface area (Å²) in [6.07, 6.45) is 2.58. The third kappa shape index (κ3) is 11.2. The van der Waals surface area contributed by atoms with E-state index < -0.39 is 5.60 Å². The molecular formula is C73H72N2O9. The van der Waals surface area contributed by atoms with Crippen LogP contribution < -0.4 is 15.8 Å². The molecule has 0 fully saturated rings. The van der Waals surface area contributed by atoms with Crippen molar-refractivity contribution in [2.45, 2.75) is 124 Å². The van der Waals surface area contributed by atoms with Crippen LogP contribution in [0.4, 0.5) is 0 Å². The van der Waals surface area contributed by atoms with E-state index in [2.05, 4.69) is 118 Å². The van der Waals surface area contributed by atoms with Gasteiger partial charge in [0.15, 0.2) is 22.4 Å². The fourth-order valence-corrected chi connectivity index (χ4v) is 11.4. The molecule has 5 aliphatic rings. The SMILES string of the molecule is CC(C)c1ccc2ccc(=O)oc2c1.CC(C)c1ccc2nc3ccc(=O)cc-3oc2c1.CCCCN1C(=O)c2cccc3c(C(C)(C)C)ccc(c23)C1=O.COc1ccc2c(c1)Cc1cc(C(C)(C)C)ccc1C21OC(=O)c2ccccc21. The Hall–Kier alpha value is -8.96. The molecule has 2 amide bonds. The lowest BCUT2D eigenvalue weighted by molar-refractivity contribution is 0.0240. The Morgan fingerprint density at radius 3 is 1.95 bits per heavy atom. The lowest BCUT2D eigenvalue weighted by Crippen LogP contribution is -2.41. The molecule has 0 N–H and O–H groups in total. The van der Waals surface area contributed by atoms with Crippen LogP contribution in [0.3, 0.4) is 0 Å². The Labute approximate surface area is 490 Å². The number of methoxy groups -OCH3 is 1. The van der Waals surface area contributed by atoms with Crippen LogP contribution >= 0.6 is 0 Å². The lowest BCUT2D eigenvalue weighted by Gasteiger charge is -2.38. The van der Waals surface area contributed by atoms with Gasteiger partial charge < -0.3 is 18.3 Å². The largest absolute Gasteiger partial charge is 0.497 e. The average Bonchev–Trinajstić information content (AvgIpc) is 1.53. The fraction of sp³-hybridized carbons (Fsp3) is 0.288. The van der Waals surface area contributed by atoms with Crippen molar-refractivity contribution in [1.82, 2.24) is 9.88 Å². The zero-order valence-electron chi connectivity index (χ0n) is 50.1. The number of fused-ring (bicyclic) bond motifs is 9. The van der Waals surface area contributed by atoms with Crippen molar-refractivity contribution in [3.63, 3.8) is 0 Å². The molecule has 0 saturated carbocycles. The second-order valence-electron chi connectivity index (χ2n) is 24.6. The molecule has 1 spiro atoms. The maximum atomic E-state index is 12.9. The lowest BCUT2D eigenvalue weighted by atomic mass is 9.70. The molecule has 8 aromatic rings. The number of amides is 2. The van der Waals surface area contributed by atoms with E-state index in [1.165, 1.54) is 50.9 Å². The highest BCUT2D eigenvalue weighted by atomic mass is 16.6.